The first-order valence-electron chi connectivity index (χ1n) is 7.20. The minimum Gasteiger partial charge on any atom is -0.452 e. The van der Waals surface area contributed by atoms with E-state index in [1.807, 2.05) is 0 Å². The van der Waals surface area contributed by atoms with E-state index in [0.29, 0.717) is 11.3 Å². The lowest BCUT2D eigenvalue weighted by Gasteiger charge is -2.09. The van der Waals surface area contributed by atoms with Gasteiger partial charge in [0.2, 0.25) is 0 Å². The molecule has 0 bridgehead atoms. The SMILES string of the molecule is CC(=O)c1ccccc1NC(=O)COC(=O)c1cccc([N+](=O)[O-])c1. The van der Waals surface area contributed by atoms with Crippen molar-refractivity contribution in [2.75, 3.05) is 11.9 Å². The van der Waals surface area contributed by atoms with Gasteiger partial charge < -0.3 is 10.1 Å². The van der Waals surface area contributed by atoms with Gasteiger partial charge in [0.25, 0.3) is 11.6 Å². The van der Waals surface area contributed by atoms with Crippen LogP contribution < -0.4 is 5.32 Å². The highest BCUT2D eigenvalue weighted by atomic mass is 16.6. The number of amides is 1. The zero-order chi connectivity index (χ0) is 18.4. The van der Waals surface area contributed by atoms with Crippen LogP contribution in [-0.4, -0.2) is 29.2 Å². The number of nitro benzene ring substituents is 1. The number of nitrogens with zero attached hydrogens (tertiary/aromatic N) is 1. The number of anilines is 1. The van der Waals surface area contributed by atoms with Crippen molar-refractivity contribution >= 4 is 29.0 Å². The lowest BCUT2D eigenvalue weighted by atomic mass is 10.1. The fourth-order valence-corrected chi connectivity index (χ4v) is 2.05. The summed E-state index contributed by atoms with van der Waals surface area (Å²) in [5, 5.41) is 13.2. The molecule has 8 nitrogen and oxygen atoms in total. The summed E-state index contributed by atoms with van der Waals surface area (Å²) in [6.07, 6.45) is 0. The van der Waals surface area contributed by atoms with Crippen molar-refractivity contribution in [3.05, 3.63) is 69.8 Å². The highest BCUT2D eigenvalue weighted by molar-refractivity contribution is 6.04. The number of rotatable bonds is 6. The first-order chi connectivity index (χ1) is 11.9. The molecule has 0 aliphatic rings. The summed E-state index contributed by atoms with van der Waals surface area (Å²) in [7, 11) is 0. The molecule has 8 heteroatoms. The maximum absolute atomic E-state index is 11.9. The van der Waals surface area contributed by atoms with E-state index in [0.717, 1.165) is 6.07 Å². The first-order valence-corrected chi connectivity index (χ1v) is 7.20. The van der Waals surface area contributed by atoms with Gasteiger partial charge in [0, 0.05) is 17.7 Å². The number of Topliss-reactive ketones (excluding diaryl/α,β-unsaturated/α-hetero) is 1. The van der Waals surface area contributed by atoms with Crippen LogP contribution in [-0.2, 0) is 9.53 Å². The average Bonchev–Trinajstić information content (AvgIpc) is 2.60. The highest BCUT2D eigenvalue weighted by Crippen LogP contribution is 2.16. The molecule has 1 amide bonds. The van der Waals surface area contributed by atoms with E-state index in [9.17, 15) is 24.5 Å². The first kappa shape index (κ1) is 17.8. The molecule has 0 aliphatic carbocycles. The van der Waals surface area contributed by atoms with E-state index in [1.54, 1.807) is 24.3 Å². The van der Waals surface area contributed by atoms with Crippen LogP contribution in [0.5, 0.6) is 0 Å². The Labute approximate surface area is 142 Å². The zero-order valence-electron chi connectivity index (χ0n) is 13.2. The Kier molecular flexibility index (Phi) is 5.57. The number of hydrogen-bond donors (Lipinski definition) is 1. The summed E-state index contributed by atoms with van der Waals surface area (Å²) < 4.78 is 4.84. The van der Waals surface area contributed by atoms with Crippen LogP contribution in [0.4, 0.5) is 11.4 Å². The van der Waals surface area contributed by atoms with Crippen molar-refractivity contribution in [1.29, 1.82) is 0 Å². The average molecular weight is 342 g/mol. The van der Waals surface area contributed by atoms with Crippen LogP contribution in [0.3, 0.4) is 0 Å². The van der Waals surface area contributed by atoms with Crippen LogP contribution in [0.15, 0.2) is 48.5 Å². The van der Waals surface area contributed by atoms with E-state index in [2.05, 4.69) is 5.32 Å². The number of nitrogens with one attached hydrogen (secondary N) is 1. The third-order valence-corrected chi connectivity index (χ3v) is 3.21. The third kappa shape index (κ3) is 4.71. The second-order valence-electron chi connectivity index (χ2n) is 5.03. The Bertz CT molecular complexity index is 847. The molecule has 0 aromatic heterocycles. The molecule has 0 atom stereocenters. The maximum atomic E-state index is 11.9. The number of para-hydroxylation sites is 1. The van der Waals surface area contributed by atoms with Gasteiger partial charge in [-0.15, -0.1) is 0 Å². The quantitative estimate of drug-likeness (QED) is 0.373. The summed E-state index contributed by atoms with van der Waals surface area (Å²) in [5.74, 6) is -1.71. The number of benzene rings is 2. The number of nitro groups is 1. The number of non-ortho nitro benzene ring substituents is 1. The predicted octanol–water partition coefficient (Wildman–Crippen LogP) is 2.59. The largest absolute Gasteiger partial charge is 0.452 e. The maximum Gasteiger partial charge on any atom is 0.338 e. The molecular formula is C17H14N2O6. The van der Waals surface area contributed by atoms with E-state index in [4.69, 9.17) is 4.74 Å². The topological polar surface area (TPSA) is 116 Å². The van der Waals surface area contributed by atoms with Gasteiger partial charge >= 0.3 is 5.97 Å². The molecule has 0 saturated carbocycles. The van der Waals surface area contributed by atoms with Gasteiger partial charge in [-0.1, -0.05) is 18.2 Å². The van der Waals surface area contributed by atoms with E-state index in [-0.39, 0.29) is 17.0 Å². The molecular weight excluding hydrogens is 328 g/mol. The van der Waals surface area contributed by atoms with Crippen LogP contribution in [0.2, 0.25) is 0 Å². The molecule has 2 rings (SSSR count). The van der Waals surface area contributed by atoms with Crippen molar-refractivity contribution in [2.24, 2.45) is 0 Å². The third-order valence-electron chi connectivity index (χ3n) is 3.21. The summed E-state index contributed by atoms with van der Waals surface area (Å²) in [6, 6.07) is 11.4. The Morgan fingerprint density at radius 1 is 1.12 bits per heavy atom. The van der Waals surface area contributed by atoms with Gasteiger partial charge in [0.15, 0.2) is 12.4 Å². The van der Waals surface area contributed by atoms with Gasteiger partial charge in [-0.25, -0.2) is 4.79 Å². The molecule has 128 valence electrons. The molecule has 0 heterocycles. The Balaban J connectivity index is 1.98. The highest BCUT2D eigenvalue weighted by Gasteiger charge is 2.15. The number of ketones is 1. The van der Waals surface area contributed by atoms with Gasteiger partial charge in [0.05, 0.1) is 16.2 Å². The molecule has 25 heavy (non-hydrogen) atoms. The number of carbonyl (C=O) groups excluding carboxylic acids is 3. The minimum atomic E-state index is -0.862. The second kappa shape index (κ2) is 7.82. The lowest BCUT2D eigenvalue weighted by molar-refractivity contribution is -0.384. The zero-order valence-corrected chi connectivity index (χ0v) is 13.2. The number of carbonyl (C=O) groups is 3. The summed E-state index contributed by atoms with van der Waals surface area (Å²) in [5.41, 5.74) is 0.354. The molecule has 0 fully saturated rings. The summed E-state index contributed by atoms with van der Waals surface area (Å²) in [6.45, 7) is 0.779. The van der Waals surface area contributed by atoms with Crippen LogP contribution in [0, 0.1) is 10.1 Å². The number of hydrogen-bond acceptors (Lipinski definition) is 6. The van der Waals surface area contributed by atoms with E-state index >= 15 is 0 Å². The van der Waals surface area contributed by atoms with Crippen molar-refractivity contribution < 1.29 is 24.0 Å². The fraction of sp³-hybridized carbons (Fsp3) is 0.118. The van der Waals surface area contributed by atoms with Crippen molar-refractivity contribution in [2.45, 2.75) is 6.92 Å². The molecule has 2 aromatic rings. The van der Waals surface area contributed by atoms with Gasteiger partial charge in [-0.3, -0.25) is 19.7 Å². The molecule has 0 radical (unpaired) electrons. The van der Waals surface area contributed by atoms with Crippen LogP contribution in [0.1, 0.15) is 27.6 Å². The predicted molar refractivity (Wildman–Crippen MR) is 88.5 cm³/mol. The molecule has 1 N–H and O–H groups in total. The smallest absolute Gasteiger partial charge is 0.338 e. The second-order valence-corrected chi connectivity index (χ2v) is 5.03. The minimum absolute atomic E-state index is 0.0360. The summed E-state index contributed by atoms with van der Waals surface area (Å²) in [4.78, 5) is 45.3. The fourth-order valence-electron chi connectivity index (χ4n) is 2.05. The Hall–Kier alpha value is -3.55. The van der Waals surface area contributed by atoms with Crippen molar-refractivity contribution in [3.8, 4) is 0 Å². The Morgan fingerprint density at radius 3 is 2.52 bits per heavy atom. The van der Waals surface area contributed by atoms with Gasteiger partial charge in [-0.05, 0) is 25.1 Å². The summed E-state index contributed by atoms with van der Waals surface area (Å²) >= 11 is 0. The Morgan fingerprint density at radius 2 is 1.84 bits per heavy atom. The number of ether oxygens (including phenoxy) is 1. The van der Waals surface area contributed by atoms with Crippen LogP contribution >= 0.6 is 0 Å². The molecule has 0 spiro atoms. The lowest BCUT2D eigenvalue weighted by Crippen LogP contribution is -2.22. The van der Waals surface area contributed by atoms with Gasteiger partial charge in [0.1, 0.15) is 0 Å². The van der Waals surface area contributed by atoms with Crippen LogP contribution in [0.25, 0.3) is 0 Å². The standard InChI is InChI=1S/C17H14N2O6/c1-11(20)14-7-2-3-8-15(14)18-16(21)10-25-17(22)12-5-4-6-13(9-12)19(23)24/h2-9H,10H2,1H3,(H,18,21). The molecule has 0 unspecified atom stereocenters. The van der Waals surface area contributed by atoms with Crippen molar-refractivity contribution in [3.63, 3.8) is 0 Å². The number of esters is 1. The van der Waals surface area contributed by atoms with E-state index in [1.165, 1.54) is 25.1 Å². The molecule has 2 aromatic carbocycles. The molecule has 0 saturated heterocycles. The normalized spacial score (nSPS) is 9.96. The monoisotopic (exact) mass is 342 g/mol. The van der Waals surface area contributed by atoms with E-state index < -0.39 is 23.4 Å². The van der Waals surface area contributed by atoms with Gasteiger partial charge in [-0.2, -0.15) is 0 Å². The van der Waals surface area contributed by atoms with Crippen molar-refractivity contribution in [1.82, 2.24) is 0 Å². The molecule has 0 aliphatic heterocycles.